The first-order chi connectivity index (χ1) is 13.9. The molecular formula is C22H28NO5P. The number of benzene rings is 2. The van der Waals surface area contributed by atoms with Gasteiger partial charge < -0.3 is 10.6 Å². The van der Waals surface area contributed by atoms with Gasteiger partial charge in [0.2, 0.25) is 0 Å². The zero-order valence-electron chi connectivity index (χ0n) is 16.5. The lowest BCUT2D eigenvalue weighted by molar-refractivity contribution is 0.0372. The lowest BCUT2D eigenvalue weighted by atomic mass is 9.93. The van der Waals surface area contributed by atoms with Crippen LogP contribution in [0, 0.1) is 0 Å². The van der Waals surface area contributed by atoms with Gasteiger partial charge in [0.25, 0.3) is 0 Å². The molecule has 0 saturated carbocycles. The van der Waals surface area contributed by atoms with Crippen LogP contribution in [0.3, 0.4) is 0 Å². The normalized spacial score (nSPS) is 24.3. The zero-order chi connectivity index (χ0) is 20.7. The Bertz CT molecular complexity index is 841. The van der Waals surface area contributed by atoms with Gasteiger partial charge in [-0.3, -0.25) is 13.8 Å². The van der Waals surface area contributed by atoms with Gasteiger partial charge in [-0.05, 0) is 43.2 Å². The van der Waals surface area contributed by atoms with Gasteiger partial charge >= 0.3 is 7.82 Å². The molecule has 29 heavy (non-hydrogen) atoms. The minimum absolute atomic E-state index is 0.0136. The van der Waals surface area contributed by atoms with Crippen molar-refractivity contribution >= 4 is 13.6 Å². The van der Waals surface area contributed by atoms with E-state index in [2.05, 4.69) is 12.1 Å². The molecule has 2 aromatic rings. The molecule has 1 heterocycles. The summed E-state index contributed by atoms with van der Waals surface area (Å²) in [5.41, 5.74) is 8.47. The van der Waals surface area contributed by atoms with Crippen molar-refractivity contribution in [3.8, 4) is 0 Å². The van der Waals surface area contributed by atoms with Crippen LogP contribution in [0.5, 0.6) is 0 Å². The standard InChI is InChI=1S/C22H28NO5P/c23-22(16-27-29(25,26)28-17-22)15-14-19-10-12-20(13-11-19)21(24)9-5-4-8-18-6-2-1-3-7-18/h1-3,6-7,10-13H,4-5,8-9,14-17,23H2,(H,25,26). The highest BCUT2D eigenvalue weighted by atomic mass is 31.2. The van der Waals surface area contributed by atoms with E-state index >= 15 is 0 Å². The third-order valence-corrected chi connectivity index (χ3v) is 6.09. The number of rotatable bonds is 9. The van der Waals surface area contributed by atoms with Crippen LogP contribution in [-0.4, -0.2) is 29.4 Å². The SMILES string of the molecule is NC1(CCc2ccc(C(=O)CCCCc3ccccc3)cc2)COP(=O)(O)OC1. The molecule has 7 heteroatoms. The van der Waals surface area contributed by atoms with E-state index in [1.807, 2.05) is 42.5 Å². The second-order valence-electron chi connectivity index (χ2n) is 7.69. The van der Waals surface area contributed by atoms with Gasteiger partial charge in [0.05, 0.1) is 18.8 Å². The zero-order valence-corrected chi connectivity index (χ0v) is 17.4. The molecule has 3 N–H and O–H groups in total. The molecule has 3 rings (SSSR count). The first kappa shape index (κ1) is 21.9. The molecule has 156 valence electrons. The molecule has 0 aromatic heterocycles. The molecule has 0 amide bonds. The largest absolute Gasteiger partial charge is 0.472 e. The van der Waals surface area contributed by atoms with Crippen molar-refractivity contribution in [1.29, 1.82) is 0 Å². The lowest BCUT2D eigenvalue weighted by Crippen LogP contribution is -2.51. The fourth-order valence-electron chi connectivity index (χ4n) is 3.30. The monoisotopic (exact) mass is 417 g/mol. The Morgan fingerprint density at radius 2 is 1.59 bits per heavy atom. The summed E-state index contributed by atoms with van der Waals surface area (Å²) in [4.78, 5) is 21.6. The molecule has 2 aromatic carbocycles. The Balaban J connectivity index is 1.41. The van der Waals surface area contributed by atoms with Crippen LogP contribution >= 0.6 is 7.82 Å². The van der Waals surface area contributed by atoms with E-state index < -0.39 is 13.4 Å². The topological polar surface area (TPSA) is 98.9 Å². The van der Waals surface area contributed by atoms with E-state index in [1.54, 1.807) is 0 Å². The summed E-state index contributed by atoms with van der Waals surface area (Å²) < 4.78 is 20.9. The highest BCUT2D eigenvalue weighted by Gasteiger charge is 2.38. The number of hydrogen-bond acceptors (Lipinski definition) is 5. The predicted molar refractivity (Wildman–Crippen MR) is 112 cm³/mol. The van der Waals surface area contributed by atoms with Crippen molar-refractivity contribution in [2.75, 3.05) is 13.2 Å². The first-order valence-corrected chi connectivity index (χ1v) is 11.4. The lowest BCUT2D eigenvalue weighted by Gasteiger charge is -2.34. The predicted octanol–water partition coefficient (Wildman–Crippen LogP) is 4.06. The van der Waals surface area contributed by atoms with E-state index in [0.717, 1.165) is 30.4 Å². The molecule has 0 spiro atoms. The van der Waals surface area contributed by atoms with E-state index in [-0.39, 0.29) is 19.0 Å². The summed E-state index contributed by atoms with van der Waals surface area (Å²) >= 11 is 0. The Labute approximate surface area is 171 Å². The highest BCUT2D eigenvalue weighted by molar-refractivity contribution is 7.47. The minimum Gasteiger partial charge on any atom is -0.321 e. The summed E-state index contributed by atoms with van der Waals surface area (Å²) in [5, 5.41) is 0. The summed E-state index contributed by atoms with van der Waals surface area (Å²) in [6.45, 7) is -0.0271. The summed E-state index contributed by atoms with van der Waals surface area (Å²) in [6, 6.07) is 17.9. The van der Waals surface area contributed by atoms with Crippen LogP contribution in [0.4, 0.5) is 0 Å². The third-order valence-electron chi connectivity index (χ3n) is 5.18. The molecule has 0 unspecified atom stereocenters. The number of aryl methyl sites for hydroxylation is 2. The molecular weight excluding hydrogens is 389 g/mol. The van der Waals surface area contributed by atoms with E-state index in [4.69, 9.17) is 14.8 Å². The van der Waals surface area contributed by atoms with Crippen molar-refractivity contribution < 1.29 is 23.3 Å². The molecule has 0 bridgehead atoms. The number of unbranched alkanes of at least 4 members (excludes halogenated alkanes) is 1. The van der Waals surface area contributed by atoms with Crippen molar-refractivity contribution in [3.63, 3.8) is 0 Å². The molecule has 0 aliphatic carbocycles. The Morgan fingerprint density at radius 3 is 2.24 bits per heavy atom. The third kappa shape index (κ3) is 6.88. The molecule has 6 nitrogen and oxygen atoms in total. The second kappa shape index (κ2) is 9.79. The van der Waals surface area contributed by atoms with E-state index in [9.17, 15) is 14.3 Å². The fraction of sp³-hybridized carbons (Fsp3) is 0.409. The summed E-state index contributed by atoms with van der Waals surface area (Å²) in [6.07, 6.45) is 4.64. The van der Waals surface area contributed by atoms with E-state index in [0.29, 0.717) is 19.3 Å². The number of phosphoric acid groups is 1. The average molecular weight is 417 g/mol. The Kier molecular flexibility index (Phi) is 7.38. The molecule has 0 radical (unpaired) electrons. The maximum atomic E-state index is 12.4. The first-order valence-electron chi connectivity index (χ1n) is 9.92. The fourth-order valence-corrected chi connectivity index (χ4v) is 4.21. The highest BCUT2D eigenvalue weighted by Crippen LogP contribution is 2.47. The van der Waals surface area contributed by atoms with Gasteiger partial charge in [-0.2, -0.15) is 0 Å². The number of ketones is 1. The minimum atomic E-state index is -3.93. The maximum Gasteiger partial charge on any atom is 0.472 e. The average Bonchev–Trinajstić information content (AvgIpc) is 2.73. The van der Waals surface area contributed by atoms with Gasteiger partial charge in [-0.15, -0.1) is 0 Å². The van der Waals surface area contributed by atoms with Crippen LogP contribution in [0.15, 0.2) is 54.6 Å². The van der Waals surface area contributed by atoms with Gasteiger partial charge in [0.1, 0.15) is 0 Å². The Hall–Kier alpha value is -1.82. The molecule has 1 fully saturated rings. The molecule has 1 saturated heterocycles. The number of carbonyl (C=O) groups is 1. The number of nitrogens with two attached hydrogens (primary N) is 1. The Morgan fingerprint density at radius 1 is 0.966 bits per heavy atom. The summed E-state index contributed by atoms with van der Waals surface area (Å²) in [7, 11) is -3.93. The van der Waals surface area contributed by atoms with Crippen LogP contribution in [0.2, 0.25) is 0 Å². The van der Waals surface area contributed by atoms with Gasteiger partial charge in [0.15, 0.2) is 5.78 Å². The van der Waals surface area contributed by atoms with Gasteiger partial charge in [-0.1, -0.05) is 54.6 Å². The second-order valence-corrected chi connectivity index (χ2v) is 9.14. The summed E-state index contributed by atoms with van der Waals surface area (Å²) in [5.74, 6) is 0.160. The van der Waals surface area contributed by atoms with E-state index in [1.165, 1.54) is 5.56 Å². The van der Waals surface area contributed by atoms with Crippen molar-refractivity contribution in [3.05, 3.63) is 71.3 Å². The molecule has 1 aliphatic heterocycles. The number of phosphoric ester groups is 1. The molecule has 0 atom stereocenters. The van der Waals surface area contributed by atoms with Crippen LogP contribution < -0.4 is 5.73 Å². The number of Topliss-reactive ketones (excluding diaryl/α,β-unsaturated/α-hetero) is 1. The van der Waals surface area contributed by atoms with Gasteiger partial charge in [0, 0.05) is 12.0 Å². The quantitative estimate of drug-likeness (QED) is 0.363. The van der Waals surface area contributed by atoms with Crippen molar-refractivity contribution in [2.45, 2.75) is 44.1 Å². The maximum absolute atomic E-state index is 12.4. The number of hydrogen-bond donors (Lipinski definition) is 2. The smallest absolute Gasteiger partial charge is 0.321 e. The van der Waals surface area contributed by atoms with Crippen LogP contribution in [-0.2, 0) is 26.5 Å². The van der Waals surface area contributed by atoms with Crippen molar-refractivity contribution in [2.24, 2.45) is 5.73 Å². The van der Waals surface area contributed by atoms with Crippen LogP contribution in [0.1, 0.15) is 47.2 Å². The molecule has 1 aliphatic rings. The number of carbonyl (C=O) groups excluding carboxylic acids is 1. The van der Waals surface area contributed by atoms with Crippen molar-refractivity contribution in [1.82, 2.24) is 0 Å². The van der Waals surface area contributed by atoms with Crippen LogP contribution in [0.25, 0.3) is 0 Å². The van der Waals surface area contributed by atoms with Gasteiger partial charge in [-0.25, -0.2) is 4.57 Å².